The van der Waals surface area contributed by atoms with E-state index in [4.69, 9.17) is 0 Å². The molecule has 0 nitrogen and oxygen atoms in total. The van der Waals surface area contributed by atoms with Crippen LogP contribution in [0.15, 0.2) is 0 Å². The van der Waals surface area contributed by atoms with Gasteiger partial charge in [0.15, 0.2) is 0 Å². The summed E-state index contributed by atoms with van der Waals surface area (Å²) in [7, 11) is 0. The lowest BCUT2D eigenvalue weighted by molar-refractivity contribution is 0.164. The third-order valence-electron chi connectivity index (χ3n) is 4.24. The third-order valence-corrected chi connectivity index (χ3v) is 4.24. The zero-order valence-corrected chi connectivity index (χ0v) is 6.55. The summed E-state index contributed by atoms with van der Waals surface area (Å²) in [5.41, 5.74) is 0. The van der Waals surface area contributed by atoms with Crippen molar-refractivity contribution in [2.24, 2.45) is 23.7 Å². The Bertz CT molecular complexity index is 133. The normalized spacial score (nSPS) is 57.6. The Labute approximate surface area is 63.0 Å². The lowest BCUT2D eigenvalue weighted by atomic mass is 9.71. The van der Waals surface area contributed by atoms with Gasteiger partial charge in [0, 0.05) is 0 Å². The van der Waals surface area contributed by atoms with Crippen LogP contribution in [0.25, 0.3) is 0 Å². The summed E-state index contributed by atoms with van der Waals surface area (Å²) in [5.74, 6) is 4.77. The van der Waals surface area contributed by atoms with Crippen molar-refractivity contribution in [3.05, 3.63) is 0 Å². The van der Waals surface area contributed by atoms with Gasteiger partial charge in [-0.25, -0.2) is 0 Å². The lowest BCUT2D eigenvalue weighted by Crippen LogP contribution is -2.24. The van der Waals surface area contributed by atoms with E-state index in [1.807, 2.05) is 0 Å². The lowest BCUT2D eigenvalue weighted by Gasteiger charge is -2.34. The Kier molecular flexibility index (Phi) is 1.00. The molecule has 0 radical (unpaired) electrons. The predicted octanol–water partition coefficient (Wildman–Crippen LogP) is 2.83. The van der Waals surface area contributed by atoms with Crippen LogP contribution in [0.3, 0.4) is 0 Å². The molecule has 3 fully saturated rings. The number of rotatable bonds is 0. The largest absolute Gasteiger partial charge is 0.0528 e. The van der Waals surface area contributed by atoms with E-state index < -0.39 is 0 Å². The van der Waals surface area contributed by atoms with E-state index in [0.29, 0.717) is 0 Å². The Morgan fingerprint density at radius 2 is 1.50 bits per heavy atom. The van der Waals surface area contributed by atoms with Gasteiger partial charge in [-0.15, -0.1) is 0 Å². The van der Waals surface area contributed by atoms with E-state index in [1.165, 1.54) is 23.7 Å². The monoisotopic (exact) mass is 136 g/mol. The Morgan fingerprint density at radius 3 is 2.00 bits per heavy atom. The first-order valence-electron chi connectivity index (χ1n) is 4.93. The first kappa shape index (κ1) is 5.62. The van der Waals surface area contributed by atoms with E-state index in [1.54, 1.807) is 38.5 Å². The van der Waals surface area contributed by atoms with Crippen LogP contribution in [0.1, 0.15) is 38.5 Å². The second-order valence-corrected chi connectivity index (χ2v) is 4.69. The van der Waals surface area contributed by atoms with Crippen molar-refractivity contribution in [1.82, 2.24) is 0 Å². The van der Waals surface area contributed by atoms with Crippen molar-refractivity contribution in [1.29, 1.82) is 0 Å². The summed E-state index contributed by atoms with van der Waals surface area (Å²) < 4.78 is 0. The molecule has 0 saturated heterocycles. The van der Waals surface area contributed by atoms with Crippen molar-refractivity contribution >= 4 is 0 Å². The molecule has 10 heavy (non-hydrogen) atoms. The molecule has 2 unspecified atom stereocenters. The molecule has 2 bridgehead atoms. The highest BCUT2D eigenvalue weighted by Gasteiger charge is 2.47. The Hall–Kier alpha value is 0. The maximum atomic E-state index is 1.62. The minimum absolute atomic E-state index is 1.18. The summed E-state index contributed by atoms with van der Waals surface area (Å²) in [6.45, 7) is 0. The highest BCUT2D eigenvalue weighted by Crippen LogP contribution is 2.57. The standard InChI is InChI=1S/C10H16/c1-2-8-4-7-5-9(3-1)10(8)6-7/h7-10H,1-6H2/t7?,8-,9+,10?. The molecule has 3 aliphatic rings. The van der Waals surface area contributed by atoms with Crippen molar-refractivity contribution in [3.8, 4) is 0 Å². The quantitative estimate of drug-likeness (QED) is 0.480. The van der Waals surface area contributed by atoms with Crippen LogP contribution in [-0.4, -0.2) is 0 Å². The van der Waals surface area contributed by atoms with E-state index in [0.717, 1.165) is 0 Å². The van der Waals surface area contributed by atoms with Gasteiger partial charge in [0.1, 0.15) is 0 Å². The van der Waals surface area contributed by atoms with Crippen molar-refractivity contribution < 1.29 is 0 Å². The summed E-state index contributed by atoms with van der Waals surface area (Å²) in [6, 6.07) is 0. The molecule has 0 aliphatic heterocycles. The maximum absolute atomic E-state index is 1.62. The molecule has 0 N–H and O–H groups in total. The molecule has 4 atom stereocenters. The Morgan fingerprint density at radius 1 is 0.800 bits per heavy atom. The smallest absolute Gasteiger partial charge is 0.0355 e. The molecule has 3 saturated carbocycles. The maximum Gasteiger partial charge on any atom is -0.0355 e. The zero-order valence-electron chi connectivity index (χ0n) is 6.55. The fraction of sp³-hybridized carbons (Fsp3) is 1.00. The molecule has 0 amide bonds. The molecule has 0 heterocycles. The number of hydrogen-bond donors (Lipinski definition) is 0. The average molecular weight is 136 g/mol. The van der Waals surface area contributed by atoms with Gasteiger partial charge in [-0.05, 0) is 42.9 Å². The van der Waals surface area contributed by atoms with Crippen LogP contribution in [0.4, 0.5) is 0 Å². The first-order valence-corrected chi connectivity index (χ1v) is 4.93. The summed E-state index contributed by atoms with van der Waals surface area (Å²) in [5, 5.41) is 0. The molecule has 3 aliphatic carbocycles. The Balaban J connectivity index is 1.91. The van der Waals surface area contributed by atoms with Crippen molar-refractivity contribution in [2.45, 2.75) is 38.5 Å². The van der Waals surface area contributed by atoms with Crippen molar-refractivity contribution in [3.63, 3.8) is 0 Å². The van der Waals surface area contributed by atoms with Gasteiger partial charge in [-0.1, -0.05) is 19.3 Å². The second kappa shape index (κ2) is 1.78. The minimum Gasteiger partial charge on any atom is -0.0528 e. The highest BCUT2D eigenvalue weighted by atomic mass is 14.5. The van der Waals surface area contributed by atoms with E-state index in [-0.39, 0.29) is 0 Å². The van der Waals surface area contributed by atoms with E-state index in [2.05, 4.69) is 0 Å². The highest BCUT2D eigenvalue weighted by molar-refractivity contribution is 4.97. The van der Waals surface area contributed by atoms with Gasteiger partial charge in [0.2, 0.25) is 0 Å². The van der Waals surface area contributed by atoms with Crippen LogP contribution in [0.5, 0.6) is 0 Å². The SMILES string of the molecule is C1C[C@@H]2CC3CC2[C@@H](C1)C3. The van der Waals surface area contributed by atoms with Gasteiger partial charge >= 0.3 is 0 Å². The molecular weight excluding hydrogens is 120 g/mol. The van der Waals surface area contributed by atoms with Gasteiger partial charge in [0.25, 0.3) is 0 Å². The van der Waals surface area contributed by atoms with Crippen LogP contribution in [0.2, 0.25) is 0 Å². The van der Waals surface area contributed by atoms with Gasteiger partial charge in [-0.3, -0.25) is 0 Å². The zero-order chi connectivity index (χ0) is 6.55. The summed E-state index contributed by atoms with van der Waals surface area (Å²) in [6.07, 6.45) is 9.56. The van der Waals surface area contributed by atoms with E-state index >= 15 is 0 Å². The van der Waals surface area contributed by atoms with Gasteiger partial charge in [0.05, 0.1) is 0 Å². The minimum atomic E-state index is 1.18. The number of fused-ring (bicyclic) bond motifs is 1. The molecular formula is C10H16. The molecule has 0 aromatic rings. The van der Waals surface area contributed by atoms with Crippen LogP contribution in [-0.2, 0) is 0 Å². The molecule has 0 aromatic carbocycles. The molecule has 3 rings (SSSR count). The summed E-state index contributed by atoms with van der Waals surface area (Å²) >= 11 is 0. The van der Waals surface area contributed by atoms with Crippen LogP contribution < -0.4 is 0 Å². The fourth-order valence-corrected chi connectivity index (χ4v) is 3.96. The van der Waals surface area contributed by atoms with Crippen LogP contribution >= 0.6 is 0 Å². The molecule has 0 spiro atoms. The van der Waals surface area contributed by atoms with Crippen LogP contribution in [0, 0.1) is 23.7 Å². The predicted molar refractivity (Wildman–Crippen MR) is 41.7 cm³/mol. The summed E-state index contributed by atoms with van der Waals surface area (Å²) in [4.78, 5) is 0. The first-order chi connectivity index (χ1) is 4.93. The van der Waals surface area contributed by atoms with E-state index in [9.17, 15) is 0 Å². The molecule has 0 aromatic heterocycles. The third kappa shape index (κ3) is 0.580. The number of hydrogen-bond acceptors (Lipinski definition) is 0. The topological polar surface area (TPSA) is 0 Å². The molecule has 0 heteroatoms. The fourth-order valence-electron chi connectivity index (χ4n) is 3.96. The van der Waals surface area contributed by atoms with Crippen molar-refractivity contribution in [2.75, 3.05) is 0 Å². The molecule has 56 valence electrons. The van der Waals surface area contributed by atoms with Gasteiger partial charge in [-0.2, -0.15) is 0 Å². The van der Waals surface area contributed by atoms with Gasteiger partial charge < -0.3 is 0 Å². The second-order valence-electron chi connectivity index (χ2n) is 4.69. The average Bonchev–Trinajstić information content (AvgIpc) is 2.40.